The van der Waals surface area contributed by atoms with E-state index in [1.165, 1.54) is 0 Å². The molecule has 0 aliphatic carbocycles. The molecule has 7 heteroatoms. The summed E-state index contributed by atoms with van der Waals surface area (Å²) in [6.45, 7) is 1.91. The molecule has 1 heterocycles. The monoisotopic (exact) mass is 491 g/mol. The van der Waals surface area contributed by atoms with E-state index in [4.69, 9.17) is 9.47 Å². The molecule has 3 rings (SSSR count). The van der Waals surface area contributed by atoms with Crippen molar-refractivity contribution in [3.8, 4) is 5.75 Å². The smallest absolute Gasteiger partial charge is 0.363 e. The van der Waals surface area contributed by atoms with Gasteiger partial charge in [0.1, 0.15) is 0 Å². The molecule has 0 amide bonds. The maximum absolute atomic E-state index is 12.1. The van der Waals surface area contributed by atoms with E-state index in [0.717, 1.165) is 5.56 Å². The number of carbonyl (C=O) groups excluding carboxylic acids is 2. The second kappa shape index (κ2) is 8.63. The Morgan fingerprint density at radius 3 is 2.48 bits per heavy atom. The van der Waals surface area contributed by atoms with Crippen LogP contribution in [0.1, 0.15) is 30.9 Å². The maximum atomic E-state index is 12.1. The van der Waals surface area contributed by atoms with E-state index in [9.17, 15) is 9.59 Å². The van der Waals surface area contributed by atoms with Crippen LogP contribution in [0.2, 0.25) is 0 Å². The molecule has 0 bridgehead atoms. The van der Waals surface area contributed by atoms with Gasteiger partial charge < -0.3 is 9.47 Å². The predicted octanol–water partition coefficient (Wildman–Crippen LogP) is 5.26. The van der Waals surface area contributed by atoms with Crippen molar-refractivity contribution in [3.05, 3.63) is 68.2 Å². The molecule has 0 spiro atoms. The van der Waals surface area contributed by atoms with Gasteiger partial charge in [-0.05, 0) is 74.2 Å². The molecule has 0 aromatic heterocycles. The molecule has 2 aromatic carbocycles. The average Bonchev–Trinajstić information content (AvgIpc) is 3.00. The molecule has 138 valence electrons. The quantitative estimate of drug-likeness (QED) is 0.324. The van der Waals surface area contributed by atoms with Gasteiger partial charge in [0.05, 0.1) is 8.95 Å². The zero-order valence-electron chi connectivity index (χ0n) is 14.4. The summed E-state index contributed by atoms with van der Waals surface area (Å²) in [6, 6.07) is 12.7. The largest absolute Gasteiger partial charge is 0.424 e. The highest BCUT2D eigenvalue weighted by Crippen LogP contribution is 2.36. The Hall–Kier alpha value is -2.25. The third-order valence-corrected chi connectivity index (χ3v) is 4.81. The topological polar surface area (TPSA) is 65.0 Å². The van der Waals surface area contributed by atoms with E-state index < -0.39 is 5.97 Å². The Bertz CT molecular complexity index is 929. The second-order valence-electron chi connectivity index (χ2n) is 5.74. The molecule has 0 fully saturated rings. The minimum atomic E-state index is -0.514. The first-order chi connectivity index (χ1) is 13.0. The zero-order chi connectivity index (χ0) is 19.4. The summed E-state index contributed by atoms with van der Waals surface area (Å²) in [7, 11) is 0. The number of carbonyl (C=O) groups is 2. The Labute approximate surface area is 173 Å². The fourth-order valence-corrected chi connectivity index (χ4v) is 3.78. The highest BCUT2D eigenvalue weighted by Gasteiger charge is 2.24. The van der Waals surface area contributed by atoms with E-state index in [-0.39, 0.29) is 17.6 Å². The molecule has 1 aliphatic heterocycles. The number of benzene rings is 2. The molecule has 0 N–H and O–H groups in total. The van der Waals surface area contributed by atoms with Crippen molar-refractivity contribution < 1.29 is 19.1 Å². The lowest BCUT2D eigenvalue weighted by molar-refractivity contribution is -0.134. The van der Waals surface area contributed by atoms with Crippen LogP contribution in [0.5, 0.6) is 5.75 Å². The van der Waals surface area contributed by atoms with Crippen LogP contribution in [0.3, 0.4) is 0 Å². The molecule has 5 nitrogen and oxygen atoms in total. The Balaban J connectivity index is 1.88. The van der Waals surface area contributed by atoms with Crippen molar-refractivity contribution >= 4 is 55.8 Å². The number of cyclic esters (lactones) is 1. The number of hydrogen-bond acceptors (Lipinski definition) is 5. The van der Waals surface area contributed by atoms with Gasteiger partial charge in [-0.2, -0.15) is 0 Å². The third kappa shape index (κ3) is 4.73. The van der Waals surface area contributed by atoms with Gasteiger partial charge >= 0.3 is 11.9 Å². The molecule has 0 saturated carbocycles. The van der Waals surface area contributed by atoms with Crippen LogP contribution in [0.25, 0.3) is 6.08 Å². The Kier molecular flexibility index (Phi) is 6.23. The summed E-state index contributed by atoms with van der Waals surface area (Å²) < 4.78 is 11.8. The first-order valence-electron chi connectivity index (χ1n) is 8.25. The zero-order valence-corrected chi connectivity index (χ0v) is 17.5. The normalized spacial score (nSPS) is 14.9. The van der Waals surface area contributed by atoms with E-state index >= 15 is 0 Å². The van der Waals surface area contributed by atoms with Crippen molar-refractivity contribution in [2.75, 3.05) is 0 Å². The van der Waals surface area contributed by atoms with Gasteiger partial charge in [-0.1, -0.05) is 25.1 Å². The van der Waals surface area contributed by atoms with Gasteiger partial charge in [0, 0.05) is 12.0 Å². The first-order valence-corrected chi connectivity index (χ1v) is 9.84. The van der Waals surface area contributed by atoms with Crippen LogP contribution in [-0.2, 0) is 14.3 Å². The molecule has 0 atom stereocenters. The Morgan fingerprint density at radius 1 is 1.19 bits per heavy atom. The van der Waals surface area contributed by atoms with Crippen molar-refractivity contribution in [2.45, 2.75) is 19.8 Å². The standard InChI is InChI=1S/C20H15Br2NO4/c1-2-6-17(24)26-18-14(21)9-12(10-15(18)22)11-16-20(25)27-19(23-16)13-7-4-3-5-8-13/h3-5,7-11H,2,6H2,1H3/b16-11-. The number of ether oxygens (including phenoxy) is 2. The SMILES string of the molecule is CCCC(=O)Oc1c(Br)cc(/C=C2\N=C(c3ccccc3)OC2=O)cc1Br. The molecule has 0 unspecified atom stereocenters. The van der Waals surface area contributed by atoms with Gasteiger partial charge in [0.2, 0.25) is 5.90 Å². The molecule has 0 radical (unpaired) electrons. The van der Waals surface area contributed by atoms with E-state index in [2.05, 4.69) is 36.9 Å². The van der Waals surface area contributed by atoms with Gasteiger partial charge in [0.15, 0.2) is 11.4 Å². The highest BCUT2D eigenvalue weighted by molar-refractivity contribution is 9.11. The molecule has 0 saturated heterocycles. The van der Waals surface area contributed by atoms with Crippen molar-refractivity contribution in [2.24, 2.45) is 4.99 Å². The van der Waals surface area contributed by atoms with Crippen LogP contribution in [0.4, 0.5) is 0 Å². The summed E-state index contributed by atoms with van der Waals surface area (Å²) in [5, 5.41) is 0. The number of aliphatic imine (C=N–C) groups is 1. The third-order valence-electron chi connectivity index (χ3n) is 3.64. The lowest BCUT2D eigenvalue weighted by Gasteiger charge is -2.09. The molecule has 27 heavy (non-hydrogen) atoms. The van der Waals surface area contributed by atoms with Gasteiger partial charge in [-0.25, -0.2) is 9.79 Å². The molecular formula is C20H15Br2NO4. The fraction of sp³-hybridized carbons (Fsp3) is 0.150. The van der Waals surface area contributed by atoms with Crippen LogP contribution in [0.15, 0.2) is 62.1 Å². The van der Waals surface area contributed by atoms with Gasteiger partial charge in [-0.3, -0.25) is 4.79 Å². The fourth-order valence-electron chi connectivity index (χ4n) is 2.40. The van der Waals surface area contributed by atoms with Crippen LogP contribution in [-0.4, -0.2) is 17.8 Å². The maximum Gasteiger partial charge on any atom is 0.363 e. The lowest BCUT2D eigenvalue weighted by Crippen LogP contribution is -2.08. The minimum Gasteiger partial charge on any atom is -0.424 e. The summed E-state index contributed by atoms with van der Waals surface area (Å²) >= 11 is 6.80. The average molecular weight is 493 g/mol. The first kappa shape index (κ1) is 19.5. The number of rotatable bonds is 5. The summed E-state index contributed by atoms with van der Waals surface area (Å²) in [5.41, 5.74) is 1.63. The van der Waals surface area contributed by atoms with E-state index in [0.29, 0.717) is 33.1 Å². The summed E-state index contributed by atoms with van der Waals surface area (Å²) in [6.07, 6.45) is 2.67. The van der Waals surface area contributed by atoms with Gasteiger partial charge in [-0.15, -0.1) is 0 Å². The highest BCUT2D eigenvalue weighted by atomic mass is 79.9. The number of hydrogen-bond donors (Lipinski definition) is 0. The summed E-state index contributed by atoms with van der Waals surface area (Å²) in [5.74, 6) is -0.144. The second-order valence-corrected chi connectivity index (χ2v) is 7.45. The van der Waals surface area contributed by atoms with Gasteiger partial charge in [0.25, 0.3) is 0 Å². The number of halogens is 2. The van der Waals surface area contributed by atoms with E-state index in [1.54, 1.807) is 18.2 Å². The minimum absolute atomic E-state index is 0.198. The van der Waals surface area contributed by atoms with Crippen LogP contribution < -0.4 is 4.74 Å². The molecular weight excluding hydrogens is 478 g/mol. The van der Waals surface area contributed by atoms with Crippen molar-refractivity contribution in [1.82, 2.24) is 0 Å². The van der Waals surface area contributed by atoms with E-state index in [1.807, 2.05) is 37.3 Å². The lowest BCUT2D eigenvalue weighted by atomic mass is 10.2. The van der Waals surface area contributed by atoms with Crippen molar-refractivity contribution in [1.29, 1.82) is 0 Å². The van der Waals surface area contributed by atoms with Crippen molar-refractivity contribution in [3.63, 3.8) is 0 Å². The van der Waals surface area contributed by atoms with Crippen LogP contribution >= 0.6 is 31.9 Å². The predicted molar refractivity (Wildman–Crippen MR) is 109 cm³/mol. The number of esters is 2. The summed E-state index contributed by atoms with van der Waals surface area (Å²) in [4.78, 5) is 28.1. The molecule has 1 aliphatic rings. The molecule has 2 aromatic rings. The Morgan fingerprint density at radius 2 is 1.85 bits per heavy atom. The number of nitrogens with zero attached hydrogens (tertiary/aromatic N) is 1. The van der Waals surface area contributed by atoms with Crippen LogP contribution in [0, 0.1) is 0 Å².